The maximum Gasteiger partial charge on any atom is 0.118 e. The molecule has 1 aliphatic heterocycles. The molecule has 2 heterocycles. The van der Waals surface area contributed by atoms with Gasteiger partial charge in [0.1, 0.15) is 5.75 Å². The van der Waals surface area contributed by atoms with E-state index in [0.29, 0.717) is 0 Å². The summed E-state index contributed by atoms with van der Waals surface area (Å²) in [4.78, 5) is 0. The zero-order valence-electron chi connectivity index (χ0n) is 14.1. The van der Waals surface area contributed by atoms with Crippen molar-refractivity contribution >= 4 is 11.6 Å². The van der Waals surface area contributed by atoms with Crippen LogP contribution in [0.1, 0.15) is 11.1 Å². The van der Waals surface area contributed by atoms with E-state index in [1.807, 2.05) is 47.3 Å². The van der Waals surface area contributed by atoms with Gasteiger partial charge in [0.2, 0.25) is 0 Å². The summed E-state index contributed by atoms with van der Waals surface area (Å²) in [7, 11) is 1.67. The Morgan fingerprint density at radius 2 is 1.84 bits per heavy atom. The first-order valence-corrected chi connectivity index (χ1v) is 8.85. The summed E-state index contributed by atoms with van der Waals surface area (Å²) >= 11 is 6.61. The van der Waals surface area contributed by atoms with Crippen LogP contribution >= 0.6 is 11.6 Å². The maximum atomic E-state index is 6.61. The van der Waals surface area contributed by atoms with Gasteiger partial charge in [-0.1, -0.05) is 17.7 Å². The SMILES string of the molecule is COc1ccc(-c2ccnn2-c2c(Cl)ccc3c2CCNCC3)cc1. The van der Waals surface area contributed by atoms with Gasteiger partial charge in [0.25, 0.3) is 0 Å². The summed E-state index contributed by atoms with van der Waals surface area (Å²) in [6, 6.07) is 14.2. The molecular weight excluding hydrogens is 334 g/mol. The zero-order valence-corrected chi connectivity index (χ0v) is 14.9. The second kappa shape index (κ2) is 6.90. The van der Waals surface area contributed by atoms with E-state index in [4.69, 9.17) is 16.3 Å². The Hall–Kier alpha value is -2.30. The largest absolute Gasteiger partial charge is 0.497 e. The fraction of sp³-hybridized carbons (Fsp3) is 0.250. The van der Waals surface area contributed by atoms with Crippen molar-refractivity contribution in [1.82, 2.24) is 15.1 Å². The average molecular weight is 354 g/mol. The van der Waals surface area contributed by atoms with Crippen molar-refractivity contribution in [2.75, 3.05) is 20.2 Å². The van der Waals surface area contributed by atoms with Crippen molar-refractivity contribution in [2.24, 2.45) is 0 Å². The molecule has 0 bridgehead atoms. The van der Waals surface area contributed by atoms with Gasteiger partial charge in [-0.05, 0) is 73.5 Å². The highest BCUT2D eigenvalue weighted by atomic mass is 35.5. The lowest BCUT2D eigenvalue weighted by Gasteiger charge is -2.17. The summed E-state index contributed by atoms with van der Waals surface area (Å²) in [5.74, 6) is 0.840. The fourth-order valence-electron chi connectivity index (χ4n) is 3.42. The fourth-order valence-corrected chi connectivity index (χ4v) is 3.67. The Bertz CT molecular complexity index is 886. The lowest BCUT2D eigenvalue weighted by atomic mass is 10.0. The van der Waals surface area contributed by atoms with Crippen LogP contribution in [0.25, 0.3) is 16.9 Å². The van der Waals surface area contributed by atoms with E-state index in [-0.39, 0.29) is 0 Å². The number of hydrogen-bond donors (Lipinski definition) is 1. The Balaban J connectivity index is 1.85. The minimum Gasteiger partial charge on any atom is -0.497 e. The number of methoxy groups -OCH3 is 1. The number of nitrogens with zero attached hydrogens (tertiary/aromatic N) is 2. The van der Waals surface area contributed by atoms with Crippen LogP contribution in [0, 0.1) is 0 Å². The van der Waals surface area contributed by atoms with Gasteiger partial charge in [-0.15, -0.1) is 0 Å². The van der Waals surface area contributed by atoms with Gasteiger partial charge in [0.15, 0.2) is 0 Å². The lowest BCUT2D eigenvalue weighted by molar-refractivity contribution is 0.415. The first-order chi connectivity index (χ1) is 12.3. The van der Waals surface area contributed by atoms with Crippen LogP contribution in [0.4, 0.5) is 0 Å². The van der Waals surface area contributed by atoms with Gasteiger partial charge < -0.3 is 10.1 Å². The molecule has 1 N–H and O–H groups in total. The van der Waals surface area contributed by atoms with Crippen LogP contribution in [0.15, 0.2) is 48.7 Å². The Morgan fingerprint density at radius 3 is 2.64 bits per heavy atom. The van der Waals surface area contributed by atoms with E-state index in [1.165, 1.54) is 11.1 Å². The molecule has 0 unspecified atom stereocenters. The summed E-state index contributed by atoms with van der Waals surface area (Å²) in [6.07, 6.45) is 3.79. The van der Waals surface area contributed by atoms with Gasteiger partial charge in [0.05, 0.1) is 29.7 Å². The normalized spacial score (nSPS) is 14.0. The van der Waals surface area contributed by atoms with Gasteiger partial charge in [-0.2, -0.15) is 5.10 Å². The monoisotopic (exact) mass is 353 g/mol. The minimum absolute atomic E-state index is 0.735. The molecule has 128 valence electrons. The van der Waals surface area contributed by atoms with Gasteiger partial charge >= 0.3 is 0 Å². The summed E-state index contributed by atoms with van der Waals surface area (Å²) in [5.41, 5.74) is 5.74. The van der Waals surface area contributed by atoms with Crippen LogP contribution in [-0.4, -0.2) is 30.0 Å². The van der Waals surface area contributed by atoms with Crippen molar-refractivity contribution in [3.63, 3.8) is 0 Å². The van der Waals surface area contributed by atoms with E-state index >= 15 is 0 Å². The second-order valence-electron chi connectivity index (χ2n) is 6.14. The Kier molecular flexibility index (Phi) is 4.47. The highest BCUT2D eigenvalue weighted by Crippen LogP contribution is 2.32. The van der Waals surface area contributed by atoms with Crippen molar-refractivity contribution in [3.05, 3.63) is 64.8 Å². The van der Waals surface area contributed by atoms with E-state index < -0.39 is 0 Å². The highest BCUT2D eigenvalue weighted by Gasteiger charge is 2.19. The van der Waals surface area contributed by atoms with Crippen LogP contribution in [0.3, 0.4) is 0 Å². The average Bonchev–Trinajstić information content (AvgIpc) is 2.99. The molecule has 0 spiro atoms. The Labute approximate surface area is 152 Å². The molecule has 0 radical (unpaired) electrons. The van der Waals surface area contributed by atoms with Crippen LogP contribution < -0.4 is 10.1 Å². The number of rotatable bonds is 3. The molecule has 0 fully saturated rings. The summed E-state index contributed by atoms with van der Waals surface area (Å²) in [5, 5.41) is 8.78. The number of halogens is 1. The van der Waals surface area contributed by atoms with Crippen LogP contribution in [0.2, 0.25) is 5.02 Å². The van der Waals surface area contributed by atoms with E-state index in [9.17, 15) is 0 Å². The molecule has 25 heavy (non-hydrogen) atoms. The van der Waals surface area contributed by atoms with Gasteiger partial charge in [-0.3, -0.25) is 0 Å². The molecule has 1 aliphatic rings. The van der Waals surface area contributed by atoms with Crippen molar-refractivity contribution in [3.8, 4) is 22.7 Å². The van der Waals surface area contributed by atoms with Crippen molar-refractivity contribution in [2.45, 2.75) is 12.8 Å². The first kappa shape index (κ1) is 16.2. The number of hydrogen-bond acceptors (Lipinski definition) is 3. The quantitative estimate of drug-likeness (QED) is 0.776. The van der Waals surface area contributed by atoms with Gasteiger partial charge in [0, 0.05) is 5.56 Å². The molecule has 5 heteroatoms. The number of nitrogens with one attached hydrogen (secondary N) is 1. The van der Waals surface area contributed by atoms with E-state index in [0.717, 1.165) is 53.6 Å². The number of benzene rings is 2. The number of ether oxygens (including phenoxy) is 1. The molecule has 0 amide bonds. The predicted octanol–water partition coefficient (Wildman–Crippen LogP) is 3.89. The minimum atomic E-state index is 0.735. The van der Waals surface area contributed by atoms with Gasteiger partial charge in [-0.25, -0.2) is 4.68 Å². The number of aromatic nitrogens is 2. The first-order valence-electron chi connectivity index (χ1n) is 8.48. The van der Waals surface area contributed by atoms with Crippen LogP contribution in [0.5, 0.6) is 5.75 Å². The number of fused-ring (bicyclic) bond motifs is 1. The highest BCUT2D eigenvalue weighted by molar-refractivity contribution is 6.32. The van der Waals surface area contributed by atoms with Crippen molar-refractivity contribution < 1.29 is 4.74 Å². The smallest absolute Gasteiger partial charge is 0.118 e. The second-order valence-corrected chi connectivity index (χ2v) is 6.55. The topological polar surface area (TPSA) is 39.1 Å². The summed E-state index contributed by atoms with van der Waals surface area (Å²) < 4.78 is 7.22. The Morgan fingerprint density at radius 1 is 1.04 bits per heavy atom. The molecule has 0 saturated carbocycles. The maximum absolute atomic E-state index is 6.61. The molecule has 0 saturated heterocycles. The molecular formula is C20H20ClN3O. The third-order valence-electron chi connectivity index (χ3n) is 4.69. The molecule has 4 nitrogen and oxygen atoms in total. The molecule has 0 atom stereocenters. The molecule has 1 aromatic heterocycles. The van der Waals surface area contributed by atoms with E-state index in [2.05, 4.69) is 16.5 Å². The van der Waals surface area contributed by atoms with Crippen molar-refractivity contribution in [1.29, 1.82) is 0 Å². The molecule has 3 aromatic rings. The molecule has 4 rings (SSSR count). The zero-order chi connectivity index (χ0) is 17.2. The van der Waals surface area contributed by atoms with Crippen LogP contribution in [-0.2, 0) is 12.8 Å². The molecule has 2 aromatic carbocycles. The third kappa shape index (κ3) is 3.03. The lowest BCUT2D eigenvalue weighted by Crippen LogP contribution is -2.16. The molecule has 0 aliphatic carbocycles. The predicted molar refractivity (Wildman–Crippen MR) is 101 cm³/mol. The third-order valence-corrected chi connectivity index (χ3v) is 5.00. The van der Waals surface area contributed by atoms with E-state index in [1.54, 1.807) is 7.11 Å². The standard InChI is InChI=1S/C20H20ClN3O/c1-25-16-5-2-15(3-6-16)19-10-13-23-24(19)20-17-9-12-22-11-8-14(17)4-7-18(20)21/h2-7,10,13,22H,8-9,11-12H2,1H3. The summed E-state index contributed by atoms with van der Waals surface area (Å²) in [6.45, 7) is 1.96.